The van der Waals surface area contributed by atoms with Crippen molar-refractivity contribution in [2.45, 2.75) is 19.0 Å². The summed E-state index contributed by atoms with van der Waals surface area (Å²) < 4.78 is 32.0. The van der Waals surface area contributed by atoms with Crippen LogP contribution in [0.25, 0.3) is 0 Å². The molecule has 1 unspecified atom stereocenters. The lowest BCUT2D eigenvalue weighted by Crippen LogP contribution is -2.41. The number of halogens is 2. The van der Waals surface area contributed by atoms with Gasteiger partial charge < -0.3 is 10.1 Å². The highest BCUT2D eigenvalue weighted by atomic mass is 19.2. The van der Waals surface area contributed by atoms with Crippen molar-refractivity contribution >= 4 is 18.2 Å². The maximum atomic E-state index is 13.6. The van der Waals surface area contributed by atoms with Crippen molar-refractivity contribution < 1.29 is 27.9 Å². The van der Waals surface area contributed by atoms with Crippen molar-refractivity contribution in [1.82, 2.24) is 10.2 Å². The van der Waals surface area contributed by atoms with Gasteiger partial charge in [-0.2, -0.15) is 0 Å². The van der Waals surface area contributed by atoms with Crippen LogP contribution in [-0.4, -0.2) is 30.2 Å². The minimum Gasteiger partial charge on any atom is -0.496 e. The number of nitrogens with one attached hydrogen (secondary N) is 1. The summed E-state index contributed by atoms with van der Waals surface area (Å²) in [5.74, 6) is -2.39. The number of methoxy groups -OCH3 is 1. The lowest BCUT2D eigenvalue weighted by Gasteiger charge is -2.22. The molecule has 1 N–H and O–H groups in total. The molecule has 1 fully saturated rings. The Bertz CT molecular complexity index is 947. The molecule has 0 spiro atoms. The summed E-state index contributed by atoms with van der Waals surface area (Å²) in [6.07, 6.45) is 0.639. The molecule has 1 saturated heterocycles. The Balaban J connectivity index is 1.95. The number of benzene rings is 2. The Morgan fingerprint density at radius 1 is 1.15 bits per heavy atom. The third-order valence-corrected chi connectivity index (χ3v) is 4.54. The van der Waals surface area contributed by atoms with Gasteiger partial charge in [-0.1, -0.05) is 6.07 Å². The molecule has 27 heavy (non-hydrogen) atoms. The van der Waals surface area contributed by atoms with Gasteiger partial charge in [-0.05, 0) is 42.8 Å². The summed E-state index contributed by atoms with van der Waals surface area (Å²) in [4.78, 5) is 37.3. The monoisotopic (exact) mass is 374 g/mol. The van der Waals surface area contributed by atoms with Gasteiger partial charge in [0.25, 0.3) is 5.91 Å². The molecule has 2 aromatic carbocycles. The Labute approximate surface area is 153 Å². The standard InChI is InChI=1S/C19H16F2N2O4/c1-19(13-4-5-14(20)15(21)8-13)17(25)23(18(26)22-19)9-12-7-11(10-24)3-6-16(12)27-2/h3-8,10H,9H2,1-2H3,(H,22,26). The molecule has 0 aliphatic carbocycles. The van der Waals surface area contributed by atoms with Crippen LogP contribution in [0.2, 0.25) is 0 Å². The summed E-state index contributed by atoms with van der Waals surface area (Å²) in [5, 5.41) is 2.52. The number of urea groups is 1. The van der Waals surface area contributed by atoms with E-state index in [0.717, 1.165) is 17.0 Å². The number of hydrogen-bond donors (Lipinski definition) is 1. The first kappa shape index (κ1) is 18.5. The molecule has 0 bridgehead atoms. The number of ether oxygens (including phenoxy) is 1. The van der Waals surface area contributed by atoms with E-state index in [4.69, 9.17) is 4.74 Å². The number of aldehydes is 1. The second-order valence-electron chi connectivity index (χ2n) is 6.26. The molecule has 1 aliphatic heterocycles. The van der Waals surface area contributed by atoms with Crippen LogP contribution in [0.15, 0.2) is 36.4 Å². The van der Waals surface area contributed by atoms with Gasteiger partial charge >= 0.3 is 6.03 Å². The van der Waals surface area contributed by atoms with Gasteiger partial charge in [0.05, 0.1) is 13.7 Å². The van der Waals surface area contributed by atoms with E-state index in [9.17, 15) is 23.2 Å². The summed E-state index contributed by atoms with van der Waals surface area (Å²) in [6.45, 7) is 1.27. The van der Waals surface area contributed by atoms with Crippen LogP contribution in [0.4, 0.5) is 13.6 Å². The first-order chi connectivity index (χ1) is 12.8. The van der Waals surface area contributed by atoms with Crippen LogP contribution in [0.1, 0.15) is 28.4 Å². The number of hydrogen-bond acceptors (Lipinski definition) is 4. The molecule has 6 nitrogen and oxygen atoms in total. The second kappa shape index (κ2) is 6.79. The molecule has 2 aromatic rings. The van der Waals surface area contributed by atoms with Crippen LogP contribution in [0.5, 0.6) is 5.75 Å². The van der Waals surface area contributed by atoms with Gasteiger partial charge in [0.2, 0.25) is 0 Å². The predicted octanol–water partition coefficient (Wildman–Crippen LogP) is 2.75. The minimum absolute atomic E-state index is 0.121. The maximum Gasteiger partial charge on any atom is 0.325 e. The van der Waals surface area contributed by atoms with E-state index in [1.165, 1.54) is 26.2 Å². The predicted molar refractivity (Wildman–Crippen MR) is 91.2 cm³/mol. The van der Waals surface area contributed by atoms with Gasteiger partial charge in [0.1, 0.15) is 17.6 Å². The molecular formula is C19H16F2N2O4. The molecule has 0 saturated carbocycles. The molecule has 0 radical (unpaired) electrons. The quantitative estimate of drug-likeness (QED) is 0.645. The van der Waals surface area contributed by atoms with Crippen LogP contribution < -0.4 is 10.1 Å². The molecule has 8 heteroatoms. The van der Waals surface area contributed by atoms with Crippen LogP contribution in [0.3, 0.4) is 0 Å². The van der Waals surface area contributed by atoms with Gasteiger partial charge in [0, 0.05) is 11.1 Å². The minimum atomic E-state index is -1.54. The number of carbonyl (C=O) groups excluding carboxylic acids is 3. The van der Waals surface area contributed by atoms with E-state index in [-0.39, 0.29) is 12.1 Å². The van der Waals surface area contributed by atoms with E-state index in [1.54, 1.807) is 12.1 Å². The van der Waals surface area contributed by atoms with Crippen molar-refractivity contribution in [3.63, 3.8) is 0 Å². The first-order valence-corrected chi connectivity index (χ1v) is 8.02. The Kier molecular flexibility index (Phi) is 4.65. The lowest BCUT2D eigenvalue weighted by atomic mass is 9.92. The summed E-state index contributed by atoms with van der Waals surface area (Å²) in [5.41, 5.74) is -0.599. The largest absolute Gasteiger partial charge is 0.496 e. The van der Waals surface area contributed by atoms with Crippen LogP contribution >= 0.6 is 0 Å². The lowest BCUT2D eigenvalue weighted by molar-refractivity contribution is -0.131. The van der Waals surface area contributed by atoms with Crippen molar-refractivity contribution in [3.8, 4) is 5.75 Å². The molecule has 1 heterocycles. The average molecular weight is 374 g/mol. The van der Waals surface area contributed by atoms with Crippen LogP contribution in [0, 0.1) is 11.6 Å². The molecule has 3 rings (SSSR count). The zero-order valence-corrected chi connectivity index (χ0v) is 14.6. The fourth-order valence-electron chi connectivity index (χ4n) is 3.01. The smallest absolute Gasteiger partial charge is 0.325 e. The Morgan fingerprint density at radius 3 is 2.52 bits per heavy atom. The third kappa shape index (κ3) is 3.14. The highest BCUT2D eigenvalue weighted by Crippen LogP contribution is 2.32. The number of rotatable bonds is 5. The van der Waals surface area contributed by atoms with Gasteiger partial charge in [-0.25, -0.2) is 13.6 Å². The van der Waals surface area contributed by atoms with Gasteiger partial charge in [-0.3, -0.25) is 14.5 Å². The fraction of sp³-hybridized carbons (Fsp3) is 0.211. The van der Waals surface area contributed by atoms with Crippen LogP contribution in [-0.2, 0) is 16.9 Å². The third-order valence-electron chi connectivity index (χ3n) is 4.54. The van der Waals surface area contributed by atoms with E-state index in [2.05, 4.69) is 5.32 Å². The van der Waals surface area contributed by atoms with E-state index >= 15 is 0 Å². The van der Waals surface area contributed by atoms with Crippen molar-refractivity contribution in [2.75, 3.05) is 7.11 Å². The average Bonchev–Trinajstić information content (AvgIpc) is 2.87. The highest BCUT2D eigenvalue weighted by Gasteiger charge is 2.49. The van der Waals surface area contributed by atoms with Crippen molar-refractivity contribution in [1.29, 1.82) is 0 Å². The van der Waals surface area contributed by atoms with E-state index in [1.807, 2.05) is 0 Å². The number of amides is 3. The van der Waals surface area contributed by atoms with Gasteiger partial charge in [0.15, 0.2) is 11.6 Å². The number of imide groups is 1. The molecule has 3 amide bonds. The highest BCUT2D eigenvalue weighted by molar-refractivity contribution is 6.07. The Morgan fingerprint density at radius 2 is 1.89 bits per heavy atom. The zero-order valence-electron chi connectivity index (χ0n) is 14.6. The summed E-state index contributed by atoms with van der Waals surface area (Å²) in [7, 11) is 1.43. The topological polar surface area (TPSA) is 75.7 Å². The molecule has 1 atom stereocenters. The van der Waals surface area contributed by atoms with E-state index in [0.29, 0.717) is 23.2 Å². The second-order valence-corrected chi connectivity index (χ2v) is 6.26. The Hall–Kier alpha value is -3.29. The number of carbonyl (C=O) groups is 3. The van der Waals surface area contributed by atoms with Gasteiger partial charge in [-0.15, -0.1) is 0 Å². The molecule has 1 aliphatic rings. The van der Waals surface area contributed by atoms with E-state index < -0.39 is 29.1 Å². The van der Waals surface area contributed by atoms with Crippen molar-refractivity contribution in [2.24, 2.45) is 0 Å². The zero-order chi connectivity index (χ0) is 19.8. The first-order valence-electron chi connectivity index (χ1n) is 8.02. The summed E-state index contributed by atoms with van der Waals surface area (Å²) >= 11 is 0. The molecule has 140 valence electrons. The fourth-order valence-corrected chi connectivity index (χ4v) is 3.01. The van der Waals surface area contributed by atoms with Crippen molar-refractivity contribution in [3.05, 3.63) is 64.7 Å². The molecule has 0 aromatic heterocycles. The normalized spacial score (nSPS) is 19.2. The molecular weight excluding hydrogens is 358 g/mol. The number of nitrogens with zero attached hydrogens (tertiary/aromatic N) is 1. The summed E-state index contributed by atoms with van der Waals surface area (Å²) in [6, 6.07) is 6.95. The SMILES string of the molecule is COc1ccc(C=O)cc1CN1C(=O)NC(C)(c2ccc(F)c(F)c2)C1=O. The maximum absolute atomic E-state index is 13.6.